The van der Waals surface area contributed by atoms with E-state index < -0.39 is 0 Å². The molecule has 2 saturated carbocycles. The summed E-state index contributed by atoms with van der Waals surface area (Å²) in [5, 5.41) is 8.46. The molecule has 0 aromatic rings. The molecular formula is C21H33N. The van der Waals surface area contributed by atoms with Gasteiger partial charge in [-0.05, 0) is 49.4 Å². The van der Waals surface area contributed by atoms with Gasteiger partial charge in [0.15, 0.2) is 0 Å². The van der Waals surface area contributed by atoms with Crippen LogP contribution in [-0.4, -0.2) is 0 Å². The van der Waals surface area contributed by atoms with Gasteiger partial charge in [-0.25, -0.2) is 0 Å². The summed E-state index contributed by atoms with van der Waals surface area (Å²) in [6.45, 7) is 2.36. The summed E-state index contributed by atoms with van der Waals surface area (Å²) in [6.07, 6.45) is 23.7. The standard InChI is InChI=1S/C21H33N/c1-2-18-7-9-20(10-8-18)15-16-21-13-11-19(12-14-21)6-4-3-5-17-22/h3-6,18-21H,2,7-16H2,1H3/t18-,19?,20-,21?. The largest absolute Gasteiger partial charge is 0.193 e. The van der Waals surface area contributed by atoms with Crippen molar-refractivity contribution >= 4 is 0 Å². The molecule has 0 N–H and O–H groups in total. The van der Waals surface area contributed by atoms with E-state index in [-0.39, 0.29) is 0 Å². The number of nitriles is 1. The maximum Gasteiger partial charge on any atom is 0.0912 e. The Hall–Kier alpha value is -1.03. The second-order valence-corrected chi connectivity index (χ2v) is 7.53. The molecule has 0 heterocycles. The molecule has 0 saturated heterocycles. The van der Waals surface area contributed by atoms with Crippen molar-refractivity contribution in [1.29, 1.82) is 5.26 Å². The third-order valence-corrected chi connectivity index (χ3v) is 6.08. The van der Waals surface area contributed by atoms with Crippen LogP contribution in [0.3, 0.4) is 0 Å². The van der Waals surface area contributed by atoms with Crippen molar-refractivity contribution in [3.63, 3.8) is 0 Å². The van der Waals surface area contributed by atoms with E-state index in [1.165, 1.54) is 70.6 Å². The highest BCUT2D eigenvalue weighted by molar-refractivity contribution is 5.12. The summed E-state index contributed by atoms with van der Waals surface area (Å²) >= 11 is 0. The predicted molar refractivity (Wildman–Crippen MR) is 94.3 cm³/mol. The average Bonchev–Trinajstić information content (AvgIpc) is 2.58. The smallest absolute Gasteiger partial charge is 0.0912 e. The second-order valence-electron chi connectivity index (χ2n) is 7.53. The SMILES string of the molecule is CC[C@H]1CC[C@H](CCC2CCC(C=CC=CC#N)CC2)CC1. The fourth-order valence-electron chi connectivity index (χ4n) is 4.39. The number of allylic oxidation sites excluding steroid dienone is 4. The quantitative estimate of drug-likeness (QED) is 0.410. The van der Waals surface area contributed by atoms with Crippen LogP contribution in [0.2, 0.25) is 0 Å². The van der Waals surface area contributed by atoms with Gasteiger partial charge in [0.25, 0.3) is 0 Å². The van der Waals surface area contributed by atoms with Crippen LogP contribution in [0, 0.1) is 35.0 Å². The van der Waals surface area contributed by atoms with E-state index in [2.05, 4.69) is 19.1 Å². The Labute approximate surface area is 137 Å². The van der Waals surface area contributed by atoms with Crippen LogP contribution < -0.4 is 0 Å². The first-order valence-electron chi connectivity index (χ1n) is 9.54. The van der Waals surface area contributed by atoms with E-state index in [1.54, 1.807) is 6.08 Å². The van der Waals surface area contributed by atoms with Crippen LogP contribution >= 0.6 is 0 Å². The topological polar surface area (TPSA) is 23.8 Å². The number of hydrogen-bond acceptors (Lipinski definition) is 1. The summed E-state index contributed by atoms with van der Waals surface area (Å²) in [5.74, 6) is 3.81. The molecule has 0 unspecified atom stereocenters. The molecule has 0 amide bonds. The number of nitrogens with zero attached hydrogens (tertiary/aromatic N) is 1. The third-order valence-electron chi connectivity index (χ3n) is 6.08. The minimum absolute atomic E-state index is 0.750. The van der Waals surface area contributed by atoms with Gasteiger partial charge >= 0.3 is 0 Å². The van der Waals surface area contributed by atoms with Crippen LogP contribution in [-0.2, 0) is 0 Å². The monoisotopic (exact) mass is 299 g/mol. The van der Waals surface area contributed by atoms with Crippen molar-refractivity contribution < 1.29 is 0 Å². The molecule has 1 heteroatoms. The normalized spacial score (nSPS) is 33.3. The minimum atomic E-state index is 0.750. The first-order valence-corrected chi connectivity index (χ1v) is 9.54. The van der Waals surface area contributed by atoms with E-state index in [4.69, 9.17) is 5.26 Å². The Balaban J connectivity index is 1.59. The first-order chi connectivity index (χ1) is 10.8. The summed E-state index contributed by atoms with van der Waals surface area (Å²) in [6, 6.07) is 2.03. The van der Waals surface area contributed by atoms with Gasteiger partial charge in [0, 0.05) is 6.08 Å². The fourth-order valence-corrected chi connectivity index (χ4v) is 4.39. The Morgan fingerprint density at radius 2 is 1.36 bits per heavy atom. The predicted octanol–water partition coefficient (Wildman–Crippen LogP) is 6.43. The van der Waals surface area contributed by atoms with Crippen LogP contribution in [0.15, 0.2) is 24.3 Å². The van der Waals surface area contributed by atoms with E-state index in [0.29, 0.717) is 0 Å². The molecule has 2 aliphatic carbocycles. The molecule has 0 spiro atoms. The summed E-state index contributed by atoms with van der Waals surface area (Å²) in [4.78, 5) is 0. The molecule has 22 heavy (non-hydrogen) atoms. The van der Waals surface area contributed by atoms with Crippen molar-refractivity contribution in [2.75, 3.05) is 0 Å². The Kier molecular flexibility index (Phi) is 7.78. The van der Waals surface area contributed by atoms with E-state index in [1.807, 2.05) is 12.1 Å². The molecular weight excluding hydrogens is 266 g/mol. The number of hydrogen-bond donors (Lipinski definition) is 0. The zero-order valence-corrected chi connectivity index (χ0v) is 14.3. The van der Waals surface area contributed by atoms with Crippen LogP contribution in [0.4, 0.5) is 0 Å². The van der Waals surface area contributed by atoms with Crippen LogP contribution in [0.5, 0.6) is 0 Å². The molecule has 2 aliphatic rings. The molecule has 1 nitrogen and oxygen atoms in total. The van der Waals surface area contributed by atoms with Crippen LogP contribution in [0.1, 0.15) is 77.6 Å². The van der Waals surface area contributed by atoms with Gasteiger partial charge in [-0.2, -0.15) is 5.26 Å². The Morgan fingerprint density at radius 1 is 0.818 bits per heavy atom. The van der Waals surface area contributed by atoms with Crippen molar-refractivity contribution in [2.45, 2.75) is 77.6 Å². The van der Waals surface area contributed by atoms with Gasteiger partial charge in [0.2, 0.25) is 0 Å². The highest BCUT2D eigenvalue weighted by Gasteiger charge is 2.23. The Bertz CT molecular complexity index is 385. The molecule has 122 valence electrons. The molecule has 2 fully saturated rings. The lowest BCUT2D eigenvalue weighted by molar-refractivity contribution is 0.224. The van der Waals surface area contributed by atoms with Gasteiger partial charge in [-0.3, -0.25) is 0 Å². The van der Waals surface area contributed by atoms with Crippen molar-refractivity contribution in [3.05, 3.63) is 24.3 Å². The maximum absolute atomic E-state index is 8.46. The zero-order chi connectivity index (χ0) is 15.6. The maximum atomic E-state index is 8.46. The molecule has 0 aromatic carbocycles. The minimum Gasteiger partial charge on any atom is -0.193 e. The van der Waals surface area contributed by atoms with E-state index >= 15 is 0 Å². The summed E-state index contributed by atoms with van der Waals surface area (Å²) in [5.41, 5.74) is 0. The zero-order valence-electron chi connectivity index (χ0n) is 14.3. The molecule has 0 radical (unpaired) electrons. The van der Waals surface area contributed by atoms with Gasteiger partial charge in [-0.15, -0.1) is 0 Å². The molecule has 0 aliphatic heterocycles. The lowest BCUT2D eigenvalue weighted by atomic mass is 9.75. The lowest BCUT2D eigenvalue weighted by Gasteiger charge is -2.31. The molecule has 0 atom stereocenters. The van der Waals surface area contributed by atoms with Gasteiger partial charge in [0.1, 0.15) is 0 Å². The molecule has 0 aromatic heterocycles. The van der Waals surface area contributed by atoms with E-state index in [0.717, 1.165) is 23.7 Å². The van der Waals surface area contributed by atoms with E-state index in [9.17, 15) is 0 Å². The van der Waals surface area contributed by atoms with Crippen molar-refractivity contribution in [2.24, 2.45) is 23.7 Å². The Morgan fingerprint density at radius 3 is 1.91 bits per heavy atom. The fraction of sp³-hybridized carbons (Fsp3) is 0.762. The second kappa shape index (κ2) is 9.88. The molecule has 0 bridgehead atoms. The molecule has 2 rings (SSSR count). The average molecular weight is 300 g/mol. The highest BCUT2D eigenvalue weighted by Crippen LogP contribution is 2.37. The van der Waals surface area contributed by atoms with Gasteiger partial charge in [0.05, 0.1) is 6.07 Å². The summed E-state index contributed by atoms with van der Waals surface area (Å²) in [7, 11) is 0. The lowest BCUT2D eigenvalue weighted by Crippen LogP contribution is -2.17. The highest BCUT2D eigenvalue weighted by atomic mass is 14.3. The van der Waals surface area contributed by atoms with Crippen molar-refractivity contribution in [3.8, 4) is 6.07 Å². The van der Waals surface area contributed by atoms with Crippen LogP contribution in [0.25, 0.3) is 0 Å². The summed E-state index contributed by atoms with van der Waals surface area (Å²) < 4.78 is 0. The third kappa shape index (κ3) is 5.99. The van der Waals surface area contributed by atoms with Crippen molar-refractivity contribution in [1.82, 2.24) is 0 Å². The first kappa shape index (κ1) is 17.3. The van der Waals surface area contributed by atoms with Gasteiger partial charge < -0.3 is 0 Å². The van der Waals surface area contributed by atoms with Gasteiger partial charge in [-0.1, -0.05) is 70.1 Å². The number of rotatable bonds is 6.